The summed E-state index contributed by atoms with van der Waals surface area (Å²) in [7, 11) is 1.38. The van der Waals surface area contributed by atoms with Gasteiger partial charge < -0.3 is 4.74 Å². The number of unbranched alkanes of at least 4 members (excludes halogenated alkanes) is 2. The average Bonchev–Trinajstić information content (AvgIpc) is 2.61. The molecular formula is C22H32OSi. The van der Waals surface area contributed by atoms with Gasteiger partial charge in [-0.15, -0.1) is 0 Å². The van der Waals surface area contributed by atoms with E-state index in [0.717, 1.165) is 18.1 Å². The summed E-state index contributed by atoms with van der Waals surface area (Å²) in [5.74, 6) is 7.20. The van der Waals surface area contributed by atoms with E-state index in [2.05, 4.69) is 55.2 Å². The molecular weight excluding hydrogens is 308 g/mol. The van der Waals surface area contributed by atoms with Gasteiger partial charge in [-0.3, -0.25) is 0 Å². The molecule has 1 aliphatic rings. The average molecular weight is 341 g/mol. The SMILES string of the molecule is COCCCCC[Si@H]1CC[C@H](/C=C/C#Cc2ccc(C)cc2)CC1. The van der Waals surface area contributed by atoms with E-state index < -0.39 is 8.80 Å². The van der Waals surface area contributed by atoms with Crippen molar-refractivity contribution in [3.63, 3.8) is 0 Å². The van der Waals surface area contributed by atoms with Crippen LogP contribution in [0.2, 0.25) is 18.1 Å². The topological polar surface area (TPSA) is 9.23 Å². The summed E-state index contributed by atoms with van der Waals surface area (Å²) in [6.07, 6.45) is 11.3. The van der Waals surface area contributed by atoms with Gasteiger partial charge in [0.1, 0.15) is 0 Å². The molecule has 1 aromatic carbocycles. The molecule has 130 valence electrons. The number of ether oxygens (including phenoxy) is 1. The lowest BCUT2D eigenvalue weighted by Gasteiger charge is -2.25. The highest BCUT2D eigenvalue weighted by Gasteiger charge is 2.19. The molecule has 0 spiro atoms. The lowest BCUT2D eigenvalue weighted by Crippen LogP contribution is -2.20. The van der Waals surface area contributed by atoms with E-state index in [1.807, 2.05) is 0 Å². The Morgan fingerprint density at radius 2 is 1.88 bits per heavy atom. The molecule has 0 aromatic heterocycles. The Morgan fingerprint density at radius 1 is 1.12 bits per heavy atom. The largest absolute Gasteiger partial charge is 0.385 e. The zero-order valence-corrected chi connectivity index (χ0v) is 16.5. The van der Waals surface area contributed by atoms with Crippen molar-refractivity contribution in [2.24, 2.45) is 5.92 Å². The van der Waals surface area contributed by atoms with Crippen LogP contribution in [-0.4, -0.2) is 22.5 Å². The van der Waals surface area contributed by atoms with Crippen LogP contribution in [0.5, 0.6) is 0 Å². The first-order valence-electron chi connectivity index (χ1n) is 9.51. The van der Waals surface area contributed by atoms with E-state index in [-0.39, 0.29) is 0 Å². The minimum Gasteiger partial charge on any atom is -0.385 e. The number of hydrogen-bond donors (Lipinski definition) is 0. The van der Waals surface area contributed by atoms with Crippen molar-refractivity contribution in [2.45, 2.75) is 57.2 Å². The minimum absolute atomic E-state index is 0.422. The van der Waals surface area contributed by atoms with E-state index in [4.69, 9.17) is 4.74 Å². The summed E-state index contributed by atoms with van der Waals surface area (Å²) in [4.78, 5) is 0. The Hall–Kier alpha value is -1.30. The maximum Gasteiger partial charge on any atom is 0.0462 e. The molecule has 1 aromatic rings. The molecule has 1 aliphatic heterocycles. The van der Waals surface area contributed by atoms with Gasteiger partial charge in [0.05, 0.1) is 0 Å². The second-order valence-electron chi connectivity index (χ2n) is 7.12. The quantitative estimate of drug-likeness (QED) is 0.369. The molecule has 0 N–H and O–H groups in total. The smallest absolute Gasteiger partial charge is 0.0462 e. The van der Waals surface area contributed by atoms with Crippen molar-refractivity contribution in [1.29, 1.82) is 0 Å². The zero-order valence-electron chi connectivity index (χ0n) is 15.4. The predicted molar refractivity (Wildman–Crippen MR) is 107 cm³/mol. The highest BCUT2D eigenvalue weighted by molar-refractivity contribution is 6.58. The molecule has 1 heterocycles. The third-order valence-electron chi connectivity index (χ3n) is 5.07. The van der Waals surface area contributed by atoms with Gasteiger partial charge in [0.25, 0.3) is 0 Å². The van der Waals surface area contributed by atoms with Crippen LogP contribution in [0.25, 0.3) is 0 Å². The molecule has 24 heavy (non-hydrogen) atoms. The van der Waals surface area contributed by atoms with Crippen LogP contribution in [-0.2, 0) is 4.74 Å². The number of benzene rings is 1. The fourth-order valence-corrected chi connectivity index (χ4v) is 7.00. The summed E-state index contributed by atoms with van der Waals surface area (Å²) >= 11 is 0. The van der Waals surface area contributed by atoms with Crippen LogP contribution in [0.3, 0.4) is 0 Å². The predicted octanol–water partition coefficient (Wildman–Crippen LogP) is 5.36. The Bertz CT molecular complexity index is 542. The first-order valence-corrected chi connectivity index (χ1v) is 12.0. The van der Waals surface area contributed by atoms with E-state index in [9.17, 15) is 0 Å². The first kappa shape index (κ1) is 19.0. The number of methoxy groups -OCH3 is 1. The summed E-state index contributed by atoms with van der Waals surface area (Å²) < 4.78 is 5.12. The van der Waals surface area contributed by atoms with Gasteiger partial charge in [0.2, 0.25) is 0 Å². The van der Waals surface area contributed by atoms with Crippen LogP contribution in [0, 0.1) is 24.7 Å². The molecule has 0 aliphatic carbocycles. The van der Waals surface area contributed by atoms with Crippen LogP contribution < -0.4 is 0 Å². The maximum atomic E-state index is 5.12. The lowest BCUT2D eigenvalue weighted by atomic mass is 10.0. The molecule has 0 atom stereocenters. The van der Waals surface area contributed by atoms with E-state index >= 15 is 0 Å². The van der Waals surface area contributed by atoms with Gasteiger partial charge in [-0.1, -0.05) is 66.6 Å². The Kier molecular flexibility index (Phi) is 8.95. The zero-order chi connectivity index (χ0) is 17.0. The number of aryl methyl sites for hydroxylation is 1. The van der Waals surface area contributed by atoms with Gasteiger partial charge in [0.15, 0.2) is 0 Å². The summed E-state index contributed by atoms with van der Waals surface area (Å²) in [6, 6.07) is 13.0. The molecule has 0 saturated carbocycles. The minimum atomic E-state index is -0.422. The van der Waals surface area contributed by atoms with Gasteiger partial charge >= 0.3 is 0 Å². The summed E-state index contributed by atoms with van der Waals surface area (Å²) in [5, 5.41) is 0. The fourth-order valence-electron chi connectivity index (χ4n) is 3.47. The van der Waals surface area contributed by atoms with Gasteiger partial charge in [-0.2, -0.15) is 0 Å². The normalized spacial score (nSPS) is 20.8. The fraction of sp³-hybridized carbons (Fsp3) is 0.545. The van der Waals surface area contributed by atoms with Gasteiger partial charge in [-0.05, 0) is 50.3 Å². The van der Waals surface area contributed by atoms with Crippen molar-refractivity contribution in [1.82, 2.24) is 0 Å². The Balaban J connectivity index is 1.63. The molecule has 0 bridgehead atoms. The summed E-state index contributed by atoms with van der Waals surface area (Å²) in [5.41, 5.74) is 2.39. The molecule has 2 rings (SSSR count). The van der Waals surface area contributed by atoms with Gasteiger partial charge in [0, 0.05) is 28.1 Å². The second-order valence-corrected chi connectivity index (χ2v) is 10.6. The van der Waals surface area contributed by atoms with Crippen molar-refractivity contribution in [2.75, 3.05) is 13.7 Å². The van der Waals surface area contributed by atoms with Crippen molar-refractivity contribution >= 4 is 8.80 Å². The van der Waals surface area contributed by atoms with Gasteiger partial charge in [-0.25, -0.2) is 0 Å². The summed E-state index contributed by atoms with van der Waals surface area (Å²) in [6.45, 7) is 3.04. The molecule has 0 amide bonds. The first-order chi connectivity index (χ1) is 11.8. The monoisotopic (exact) mass is 340 g/mol. The third kappa shape index (κ3) is 7.51. The van der Waals surface area contributed by atoms with Crippen LogP contribution in [0.4, 0.5) is 0 Å². The molecule has 0 radical (unpaired) electrons. The molecule has 1 saturated heterocycles. The lowest BCUT2D eigenvalue weighted by molar-refractivity contribution is 0.192. The molecule has 0 unspecified atom stereocenters. The van der Waals surface area contributed by atoms with Crippen molar-refractivity contribution in [3.8, 4) is 11.8 Å². The number of allylic oxidation sites excluding steroid dienone is 2. The Morgan fingerprint density at radius 3 is 2.58 bits per heavy atom. The van der Waals surface area contributed by atoms with E-state index in [1.165, 1.54) is 49.8 Å². The van der Waals surface area contributed by atoms with E-state index in [0.29, 0.717) is 0 Å². The Labute approximate surface area is 150 Å². The number of hydrogen-bond acceptors (Lipinski definition) is 1. The number of rotatable bonds is 7. The highest BCUT2D eigenvalue weighted by atomic mass is 28.3. The van der Waals surface area contributed by atoms with Crippen LogP contribution in [0.15, 0.2) is 36.4 Å². The standard InChI is InChI=1S/C22H32OSi/c1-20-10-12-21(13-11-20)8-4-5-9-22-14-18-24(19-15-22)17-7-3-6-16-23-2/h5,9-13,22,24H,3,6-7,14-19H2,1-2H3/b9-5+/t22-,24-. The maximum absolute atomic E-state index is 5.12. The molecule has 1 fully saturated rings. The third-order valence-corrected chi connectivity index (χ3v) is 8.60. The van der Waals surface area contributed by atoms with Crippen LogP contribution >= 0.6 is 0 Å². The van der Waals surface area contributed by atoms with Crippen LogP contribution in [0.1, 0.15) is 43.2 Å². The van der Waals surface area contributed by atoms with Crippen molar-refractivity contribution in [3.05, 3.63) is 47.5 Å². The van der Waals surface area contributed by atoms with Crippen molar-refractivity contribution < 1.29 is 4.74 Å². The molecule has 2 heteroatoms. The highest BCUT2D eigenvalue weighted by Crippen LogP contribution is 2.28. The second kappa shape index (κ2) is 11.3. The molecule has 1 nitrogen and oxygen atoms in total. The van der Waals surface area contributed by atoms with E-state index in [1.54, 1.807) is 13.2 Å².